The van der Waals surface area contributed by atoms with E-state index in [-0.39, 0.29) is 57.4 Å². The average Bonchev–Trinajstić information content (AvgIpc) is 3.62. The highest BCUT2D eigenvalue weighted by molar-refractivity contribution is 5.67. The summed E-state index contributed by atoms with van der Waals surface area (Å²) in [5.74, 6) is 1.60. The van der Waals surface area contributed by atoms with Crippen LogP contribution in [0, 0.1) is 50.7 Å². The quantitative estimate of drug-likeness (QED) is 0.299. The smallest absolute Gasteiger partial charge is 0.407 e. The van der Waals surface area contributed by atoms with E-state index in [2.05, 4.69) is 44.8 Å². The molecule has 7 aliphatic rings. The number of hydrogen-bond acceptors (Lipinski definition) is 8. The normalized spacial score (nSPS) is 48.6. The fourth-order valence-corrected chi connectivity index (χ4v) is 14.0. The van der Waals surface area contributed by atoms with Gasteiger partial charge < -0.3 is 34.5 Å². The molecule has 2 saturated heterocycles. The molecule has 2 spiro atoms. The Hall–Kier alpha value is -0.970. The number of aliphatic hydroxyl groups is 2. The second-order valence-electron chi connectivity index (χ2n) is 19.0. The molecule has 0 aromatic carbocycles. The summed E-state index contributed by atoms with van der Waals surface area (Å²) < 4.78 is 24.6. The number of likely N-dealkylation sites (tertiary alicyclic amines) is 1. The minimum Gasteiger partial charge on any atom is -0.446 e. The average molecular weight is 675 g/mol. The van der Waals surface area contributed by atoms with Crippen molar-refractivity contribution in [3.05, 3.63) is 0 Å². The van der Waals surface area contributed by atoms with Crippen molar-refractivity contribution in [2.45, 2.75) is 149 Å². The maximum Gasteiger partial charge on any atom is 0.407 e. The summed E-state index contributed by atoms with van der Waals surface area (Å²) in [6.45, 7) is 21.4. The summed E-state index contributed by atoms with van der Waals surface area (Å²) in [5, 5.41) is 26.6. The van der Waals surface area contributed by atoms with E-state index in [1.807, 2.05) is 20.8 Å². The second-order valence-corrected chi connectivity index (χ2v) is 19.0. The number of alkyl carbamates (subject to hydrolysis) is 1. The molecule has 7 fully saturated rings. The molecule has 5 saturated carbocycles. The predicted octanol–water partition coefficient (Wildman–Crippen LogP) is 5.40. The molecule has 0 aromatic heterocycles. The molecule has 9 nitrogen and oxygen atoms in total. The molecule has 5 aliphatic carbocycles. The number of nitrogens with one attached hydrogen (secondary N) is 1. The minimum absolute atomic E-state index is 0.0156. The second kappa shape index (κ2) is 11.8. The van der Waals surface area contributed by atoms with Gasteiger partial charge in [0.25, 0.3) is 0 Å². The molecule has 0 aromatic rings. The molecule has 3 N–H and O–H groups in total. The number of carbonyl (C=O) groups excluding carboxylic acids is 1. The summed E-state index contributed by atoms with van der Waals surface area (Å²) in [6.07, 6.45) is 7.14. The Morgan fingerprint density at radius 3 is 2.42 bits per heavy atom. The van der Waals surface area contributed by atoms with E-state index < -0.39 is 17.8 Å². The Morgan fingerprint density at radius 2 is 1.75 bits per heavy atom. The van der Waals surface area contributed by atoms with Gasteiger partial charge in [0.05, 0.1) is 30.0 Å². The van der Waals surface area contributed by atoms with Gasteiger partial charge in [-0.2, -0.15) is 0 Å². The zero-order valence-electron chi connectivity index (χ0n) is 31.3. The Kier molecular flexibility index (Phi) is 8.69. The first-order valence-corrected chi connectivity index (χ1v) is 19.4. The number of carbonyl (C=O) groups is 1. The van der Waals surface area contributed by atoms with Crippen LogP contribution in [0.5, 0.6) is 0 Å². The third kappa shape index (κ3) is 4.86. The SMILES string of the molecule is CCO[C@@H]([C@H]1C[C@@H](C)[C@H]2[C@H](O1)[C@H](O)[C@@]1(C)[C@@H]3CC[C@H]4C(C)(C)[C@@H](OC(=O)NCCN5CC(OC)C5)CC[C@@]45C[C@@]35CC[C@]21C)C(C)(C)O. The highest BCUT2D eigenvalue weighted by Gasteiger charge is 2.84. The minimum atomic E-state index is -1.03. The monoisotopic (exact) mass is 674 g/mol. The van der Waals surface area contributed by atoms with Gasteiger partial charge in [-0.15, -0.1) is 0 Å². The van der Waals surface area contributed by atoms with Gasteiger partial charge in [-0.25, -0.2) is 4.79 Å². The fourth-order valence-electron chi connectivity index (χ4n) is 14.0. The number of amides is 1. The Balaban J connectivity index is 1.06. The van der Waals surface area contributed by atoms with Crippen LogP contribution in [0.4, 0.5) is 4.79 Å². The molecule has 48 heavy (non-hydrogen) atoms. The van der Waals surface area contributed by atoms with E-state index in [9.17, 15) is 15.0 Å². The van der Waals surface area contributed by atoms with E-state index in [0.29, 0.717) is 37.0 Å². The summed E-state index contributed by atoms with van der Waals surface area (Å²) in [5.41, 5.74) is -0.890. The molecule has 7 rings (SSSR count). The van der Waals surface area contributed by atoms with Crippen molar-refractivity contribution >= 4 is 6.09 Å². The molecule has 0 unspecified atom stereocenters. The largest absolute Gasteiger partial charge is 0.446 e. The van der Waals surface area contributed by atoms with Gasteiger partial charge in [0.15, 0.2) is 0 Å². The number of hydrogen-bond donors (Lipinski definition) is 3. The van der Waals surface area contributed by atoms with Gasteiger partial charge in [0.1, 0.15) is 12.2 Å². The van der Waals surface area contributed by atoms with E-state index in [1.165, 1.54) is 12.8 Å². The molecule has 2 aliphatic heterocycles. The molecule has 9 heteroatoms. The van der Waals surface area contributed by atoms with Crippen molar-refractivity contribution in [2.24, 2.45) is 50.7 Å². The topological polar surface area (TPSA) is 110 Å². The van der Waals surface area contributed by atoms with Gasteiger partial charge >= 0.3 is 6.09 Å². The molecule has 274 valence electrons. The Labute approximate surface area is 289 Å². The maximum atomic E-state index is 13.0. The van der Waals surface area contributed by atoms with E-state index >= 15 is 0 Å². The third-order valence-electron chi connectivity index (χ3n) is 16.3. The standard InChI is InChI=1S/C39H66N2O7/c1-10-46-32(35(5,6)44)25-19-23(2)29-30(47-25)31(42)37(8)27-12-11-26-34(3,4)28(48-33(43)40-17-18-41-20-24(21-41)45-9)13-14-38(26)22-39(27,38)16-15-36(29,37)7/h23-32,42,44H,10-22H2,1-9H3,(H,40,43)/t23-,25-,26+,27+,28+,29+,30+,31+,32+,36-,37-,38-,39+/m1/s1. The van der Waals surface area contributed by atoms with Gasteiger partial charge in [0, 0.05) is 50.7 Å². The molecular formula is C39H66N2O7. The van der Waals surface area contributed by atoms with E-state index in [4.69, 9.17) is 18.9 Å². The first-order chi connectivity index (χ1) is 22.5. The van der Waals surface area contributed by atoms with Crippen LogP contribution < -0.4 is 5.32 Å². The fraction of sp³-hybridized carbons (Fsp3) is 0.974. The van der Waals surface area contributed by atoms with Gasteiger partial charge in [-0.3, -0.25) is 4.90 Å². The number of aliphatic hydroxyl groups excluding tert-OH is 1. The van der Waals surface area contributed by atoms with Crippen molar-refractivity contribution < 1.29 is 34.0 Å². The molecular weight excluding hydrogens is 608 g/mol. The zero-order valence-corrected chi connectivity index (χ0v) is 31.3. The lowest BCUT2D eigenvalue weighted by Crippen LogP contribution is -2.60. The van der Waals surface area contributed by atoms with Crippen molar-refractivity contribution in [2.75, 3.05) is 39.9 Å². The van der Waals surface area contributed by atoms with Crippen LogP contribution in [0.1, 0.15) is 107 Å². The highest BCUT2D eigenvalue weighted by Crippen LogP contribution is 2.89. The summed E-state index contributed by atoms with van der Waals surface area (Å²) in [7, 11) is 1.75. The molecule has 0 bridgehead atoms. The van der Waals surface area contributed by atoms with Crippen LogP contribution in [0.3, 0.4) is 0 Å². The lowest BCUT2D eigenvalue weighted by molar-refractivity contribution is -0.215. The zero-order chi connectivity index (χ0) is 34.7. The predicted molar refractivity (Wildman–Crippen MR) is 183 cm³/mol. The van der Waals surface area contributed by atoms with Crippen molar-refractivity contribution in [3.63, 3.8) is 0 Å². The lowest BCUT2D eigenvalue weighted by Gasteiger charge is -2.63. The molecule has 2 heterocycles. The highest BCUT2D eigenvalue weighted by atomic mass is 16.6. The van der Waals surface area contributed by atoms with Crippen LogP contribution in [0.2, 0.25) is 0 Å². The third-order valence-corrected chi connectivity index (χ3v) is 16.3. The van der Waals surface area contributed by atoms with Crippen molar-refractivity contribution in [1.82, 2.24) is 10.2 Å². The number of fused-ring (bicyclic) bond motifs is 4. The van der Waals surface area contributed by atoms with Gasteiger partial charge in [-0.05, 0) is 112 Å². The summed E-state index contributed by atoms with van der Waals surface area (Å²) in [6, 6.07) is 0. The van der Waals surface area contributed by atoms with Crippen LogP contribution in [0.15, 0.2) is 0 Å². The molecule has 0 radical (unpaired) electrons. The van der Waals surface area contributed by atoms with Crippen molar-refractivity contribution in [3.8, 4) is 0 Å². The summed E-state index contributed by atoms with van der Waals surface area (Å²) >= 11 is 0. The van der Waals surface area contributed by atoms with Gasteiger partial charge in [0.2, 0.25) is 0 Å². The van der Waals surface area contributed by atoms with Crippen LogP contribution in [-0.2, 0) is 18.9 Å². The van der Waals surface area contributed by atoms with Crippen molar-refractivity contribution in [1.29, 1.82) is 0 Å². The number of methoxy groups -OCH3 is 1. The van der Waals surface area contributed by atoms with E-state index in [1.54, 1.807) is 7.11 Å². The van der Waals surface area contributed by atoms with E-state index in [0.717, 1.165) is 58.2 Å². The van der Waals surface area contributed by atoms with Gasteiger partial charge in [-0.1, -0.05) is 34.6 Å². The lowest BCUT2D eigenvalue weighted by atomic mass is 9.41. The van der Waals surface area contributed by atoms with Crippen LogP contribution >= 0.6 is 0 Å². The number of nitrogens with zero attached hydrogens (tertiary/aromatic N) is 1. The molecule has 13 atom stereocenters. The number of ether oxygens (including phenoxy) is 4. The maximum absolute atomic E-state index is 13.0. The first-order valence-electron chi connectivity index (χ1n) is 19.4. The first kappa shape index (κ1) is 35.4. The Morgan fingerprint density at radius 1 is 1.06 bits per heavy atom. The molecule has 1 amide bonds. The Bertz CT molecular complexity index is 1230. The van der Waals surface area contributed by atoms with Crippen LogP contribution in [-0.4, -0.2) is 103 Å². The number of rotatable bonds is 9. The van der Waals surface area contributed by atoms with Crippen LogP contribution in [0.25, 0.3) is 0 Å². The summed E-state index contributed by atoms with van der Waals surface area (Å²) in [4.78, 5) is 15.3.